The van der Waals surface area contributed by atoms with E-state index in [0.717, 1.165) is 0 Å². The third-order valence-corrected chi connectivity index (χ3v) is 7.78. The van der Waals surface area contributed by atoms with E-state index in [1.54, 1.807) is 31.4 Å². The number of hydrogen-bond donors (Lipinski definition) is 0. The molecule has 0 spiro atoms. The quantitative estimate of drug-likeness (QED) is 0.480. The lowest BCUT2D eigenvalue weighted by atomic mass is 9.99. The minimum atomic E-state index is -3.80. The molecule has 0 aliphatic carbocycles. The van der Waals surface area contributed by atoms with Crippen molar-refractivity contribution in [3.05, 3.63) is 47.5 Å². The molecule has 0 saturated carbocycles. The fourth-order valence-corrected chi connectivity index (χ4v) is 5.35. The van der Waals surface area contributed by atoms with Gasteiger partial charge in [0.2, 0.25) is 21.8 Å². The van der Waals surface area contributed by atoms with E-state index >= 15 is 0 Å². The number of sulfonamides is 1. The Bertz CT molecular complexity index is 1250. The maximum Gasteiger partial charge on any atom is 0.308 e. The third-order valence-electron chi connectivity index (χ3n) is 5.56. The lowest BCUT2D eigenvalue weighted by Gasteiger charge is -2.29. The standard InChI is InChI=1S/C22H22ClN3O6S/c1-30-16-5-3-14(4-6-16)20-24-25-21(32-20)18-13-17(7-8-19(18)23)33(28,29)26-11-9-15(10-12-26)22(27)31-2/h3-8,13,15H,9-12H2,1-2H3. The van der Waals surface area contributed by atoms with Crippen molar-refractivity contribution in [2.75, 3.05) is 27.3 Å². The van der Waals surface area contributed by atoms with Crippen molar-refractivity contribution in [2.24, 2.45) is 5.92 Å². The van der Waals surface area contributed by atoms with Crippen LogP contribution in [0.2, 0.25) is 5.02 Å². The van der Waals surface area contributed by atoms with Crippen LogP contribution in [0.3, 0.4) is 0 Å². The fourth-order valence-electron chi connectivity index (χ4n) is 3.66. The number of ether oxygens (including phenoxy) is 2. The zero-order valence-corrected chi connectivity index (χ0v) is 19.6. The lowest BCUT2D eigenvalue weighted by molar-refractivity contribution is -0.146. The van der Waals surface area contributed by atoms with Crippen molar-refractivity contribution in [1.82, 2.24) is 14.5 Å². The van der Waals surface area contributed by atoms with Crippen LogP contribution in [0.1, 0.15) is 12.8 Å². The van der Waals surface area contributed by atoms with E-state index in [1.807, 2.05) is 0 Å². The van der Waals surface area contributed by atoms with Gasteiger partial charge in [0.25, 0.3) is 0 Å². The second-order valence-electron chi connectivity index (χ2n) is 7.48. The normalized spacial score (nSPS) is 15.4. The Morgan fingerprint density at radius 2 is 1.73 bits per heavy atom. The Labute approximate surface area is 196 Å². The predicted molar refractivity (Wildman–Crippen MR) is 120 cm³/mol. The molecule has 2 aromatic carbocycles. The molecule has 33 heavy (non-hydrogen) atoms. The number of carbonyl (C=O) groups is 1. The topological polar surface area (TPSA) is 112 Å². The lowest BCUT2D eigenvalue weighted by Crippen LogP contribution is -2.40. The summed E-state index contributed by atoms with van der Waals surface area (Å²) in [4.78, 5) is 11.8. The van der Waals surface area contributed by atoms with Crippen molar-refractivity contribution in [2.45, 2.75) is 17.7 Å². The van der Waals surface area contributed by atoms with Gasteiger partial charge in [-0.2, -0.15) is 4.31 Å². The Hall–Kier alpha value is -2.95. The average Bonchev–Trinajstić information content (AvgIpc) is 3.34. The van der Waals surface area contributed by atoms with Crippen LogP contribution in [0.4, 0.5) is 0 Å². The van der Waals surface area contributed by atoms with Crippen LogP contribution in [-0.2, 0) is 19.6 Å². The molecule has 1 fully saturated rings. The van der Waals surface area contributed by atoms with Gasteiger partial charge in [0, 0.05) is 18.7 Å². The fraction of sp³-hybridized carbons (Fsp3) is 0.318. The largest absolute Gasteiger partial charge is 0.497 e. The molecular weight excluding hydrogens is 470 g/mol. The Morgan fingerprint density at radius 1 is 1.06 bits per heavy atom. The second-order valence-corrected chi connectivity index (χ2v) is 9.83. The van der Waals surface area contributed by atoms with Crippen LogP contribution in [0.5, 0.6) is 5.75 Å². The number of halogens is 1. The van der Waals surface area contributed by atoms with E-state index in [-0.39, 0.29) is 46.7 Å². The van der Waals surface area contributed by atoms with Crippen molar-refractivity contribution >= 4 is 27.6 Å². The van der Waals surface area contributed by atoms with E-state index in [1.165, 1.54) is 29.6 Å². The highest BCUT2D eigenvalue weighted by molar-refractivity contribution is 7.89. The van der Waals surface area contributed by atoms with Gasteiger partial charge in [-0.1, -0.05) is 11.6 Å². The molecule has 4 rings (SSSR count). The molecule has 0 N–H and O–H groups in total. The van der Waals surface area contributed by atoms with Crippen LogP contribution in [-0.4, -0.2) is 56.2 Å². The van der Waals surface area contributed by atoms with Crippen LogP contribution in [0.15, 0.2) is 51.8 Å². The number of methoxy groups -OCH3 is 2. The Balaban J connectivity index is 1.58. The first-order valence-corrected chi connectivity index (χ1v) is 12.0. The second kappa shape index (κ2) is 9.50. The van der Waals surface area contributed by atoms with E-state index in [9.17, 15) is 13.2 Å². The van der Waals surface area contributed by atoms with Gasteiger partial charge < -0.3 is 13.9 Å². The first-order chi connectivity index (χ1) is 15.8. The van der Waals surface area contributed by atoms with Crippen molar-refractivity contribution in [3.63, 3.8) is 0 Å². The SMILES string of the molecule is COC(=O)C1CCN(S(=O)(=O)c2ccc(Cl)c(-c3nnc(-c4ccc(OC)cc4)o3)c2)CC1. The zero-order valence-electron chi connectivity index (χ0n) is 18.0. The number of benzene rings is 2. The molecule has 0 radical (unpaired) electrons. The third kappa shape index (κ3) is 4.73. The average molecular weight is 492 g/mol. The smallest absolute Gasteiger partial charge is 0.308 e. The number of aromatic nitrogens is 2. The monoisotopic (exact) mass is 491 g/mol. The van der Waals surface area contributed by atoms with Crippen molar-refractivity contribution in [3.8, 4) is 28.7 Å². The van der Waals surface area contributed by atoms with E-state index in [2.05, 4.69) is 10.2 Å². The molecule has 0 bridgehead atoms. The summed E-state index contributed by atoms with van der Waals surface area (Å²) >= 11 is 6.33. The molecule has 0 amide bonds. The summed E-state index contributed by atoms with van der Waals surface area (Å²) in [6, 6.07) is 11.4. The molecule has 2 heterocycles. The summed E-state index contributed by atoms with van der Waals surface area (Å²) in [7, 11) is -0.894. The number of piperidine rings is 1. The van der Waals surface area contributed by atoms with Gasteiger partial charge in [0.05, 0.1) is 35.6 Å². The van der Waals surface area contributed by atoms with Crippen LogP contribution in [0.25, 0.3) is 22.9 Å². The van der Waals surface area contributed by atoms with Crippen LogP contribution < -0.4 is 4.74 Å². The highest BCUT2D eigenvalue weighted by atomic mass is 35.5. The summed E-state index contributed by atoms with van der Waals surface area (Å²) in [5, 5.41) is 8.38. The van der Waals surface area contributed by atoms with Gasteiger partial charge in [0.1, 0.15) is 5.75 Å². The molecule has 9 nitrogen and oxygen atoms in total. The molecule has 1 aliphatic rings. The van der Waals surface area contributed by atoms with Gasteiger partial charge in [-0.15, -0.1) is 10.2 Å². The summed E-state index contributed by atoms with van der Waals surface area (Å²) < 4.78 is 43.4. The highest BCUT2D eigenvalue weighted by Crippen LogP contribution is 2.33. The molecule has 1 aliphatic heterocycles. The van der Waals surface area contributed by atoms with E-state index in [4.69, 9.17) is 25.5 Å². The van der Waals surface area contributed by atoms with Crippen LogP contribution >= 0.6 is 11.6 Å². The zero-order chi connectivity index (χ0) is 23.6. The molecule has 1 saturated heterocycles. The number of hydrogen-bond acceptors (Lipinski definition) is 8. The van der Waals surface area contributed by atoms with Gasteiger partial charge in [-0.3, -0.25) is 4.79 Å². The molecule has 3 aromatic rings. The van der Waals surface area contributed by atoms with Gasteiger partial charge in [-0.05, 0) is 55.3 Å². The van der Waals surface area contributed by atoms with Crippen LogP contribution in [0, 0.1) is 5.92 Å². The first-order valence-electron chi connectivity index (χ1n) is 10.2. The minimum Gasteiger partial charge on any atom is -0.497 e. The molecule has 11 heteroatoms. The number of esters is 1. The molecule has 1 aromatic heterocycles. The molecular formula is C22H22ClN3O6S. The molecule has 0 unspecified atom stereocenters. The van der Waals surface area contributed by atoms with Gasteiger partial charge in [0.15, 0.2) is 0 Å². The number of nitrogens with zero attached hydrogens (tertiary/aromatic N) is 3. The summed E-state index contributed by atoms with van der Waals surface area (Å²) in [5.74, 6) is 0.450. The van der Waals surface area contributed by atoms with E-state index in [0.29, 0.717) is 29.7 Å². The number of rotatable bonds is 6. The minimum absolute atomic E-state index is 0.0580. The summed E-state index contributed by atoms with van der Waals surface area (Å²) in [6.07, 6.45) is 0.808. The Morgan fingerprint density at radius 3 is 2.36 bits per heavy atom. The van der Waals surface area contributed by atoms with Crippen molar-refractivity contribution in [1.29, 1.82) is 0 Å². The maximum absolute atomic E-state index is 13.2. The summed E-state index contributed by atoms with van der Waals surface area (Å²) in [5.41, 5.74) is 0.998. The van der Waals surface area contributed by atoms with Crippen molar-refractivity contribution < 1.29 is 27.1 Å². The molecule has 0 atom stereocenters. The summed E-state index contributed by atoms with van der Waals surface area (Å²) in [6.45, 7) is 0.449. The van der Waals surface area contributed by atoms with Gasteiger partial charge in [-0.25, -0.2) is 8.42 Å². The van der Waals surface area contributed by atoms with Gasteiger partial charge >= 0.3 is 5.97 Å². The Kier molecular flexibility index (Phi) is 6.68. The maximum atomic E-state index is 13.2. The number of carbonyl (C=O) groups excluding carboxylic acids is 1. The predicted octanol–water partition coefficient (Wildman–Crippen LogP) is 3.64. The molecule has 174 valence electrons. The first kappa shape index (κ1) is 23.2. The van der Waals surface area contributed by atoms with E-state index < -0.39 is 10.0 Å². The highest BCUT2D eigenvalue weighted by Gasteiger charge is 2.33.